The minimum absolute atomic E-state index is 0.0712. The van der Waals surface area contributed by atoms with E-state index in [-0.39, 0.29) is 12.1 Å². The summed E-state index contributed by atoms with van der Waals surface area (Å²) in [5.74, 6) is -2.82. The zero-order valence-corrected chi connectivity index (χ0v) is 9.87. The summed E-state index contributed by atoms with van der Waals surface area (Å²) < 4.78 is 27.8. The fraction of sp³-hybridized carbons (Fsp3) is 0.500. The van der Waals surface area contributed by atoms with Gasteiger partial charge in [0.1, 0.15) is 5.70 Å². The largest absolute Gasteiger partial charge is 0.301 e. The van der Waals surface area contributed by atoms with Crippen molar-refractivity contribution in [2.75, 3.05) is 0 Å². The molecule has 0 amide bonds. The molecule has 0 saturated carbocycles. The van der Waals surface area contributed by atoms with Crippen LogP contribution in [0.2, 0.25) is 0 Å². The van der Waals surface area contributed by atoms with E-state index < -0.39 is 5.92 Å². The zero-order valence-electron chi connectivity index (χ0n) is 9.87. The Morgan fingerprint density at radius 1 is 1.41 bits per heavy atom. The summed E-state index contributed by atoms with van der Waals surface area (Å²) in [4.78, 5) is 0. The van der Waals surface area contributed by atoms with Crippen molar-refractivity contribution >= 4 is 0 Å². The Kier molecular flexibility index (Phi) is 3.19. The fourth-order valence-corrected chi connectivity index (χ4v) is 2.33. The van der Waals surface area contributed by atoms with Crippen LogP contribution in [0.3, 0.4) is 0 Å². The second-order valence-corrected chi connectivity index (χ2v) is 4.26. The van der Waals surface area contributed by atoms with Crippen LogP contribution in [-0.4, -0.2) is 5.92 Å². The SMILES string of the molecule is C=C/C1=C(\CC)CCCC(F)(F)C2=C1NNN2. The molecule has 0 bridgehead atoms. The first-order chi connectivity index (χ1) is 8.10. The maximum Gasteiger partial charge on any atom is 0.290 e. The fourth-order valence-electron chi connectivity index (χ4n) is 2.33. The number of hydrogen-bond donors (Lipinski definition) is 3. The van der Waals surface area contributed by atoms with E-state index in [2.05, 4.69) is 23.0 Å². The summed E-state index contributed by atoms with van der Waals surface area (Å²) in [6, 6.07) is 0. The van der Waals surface area contributed by atoms with Crippen LogP contribution in [0.1, 0.15) is 32.6 Å². The smallest absolute Gasteiger partial charge is 0.290 e. The molecular formula is C12H17F2N3. The lowest BCUT2D eigenvalue weighted by molar-refractivity contribution is 0.0224. The van der Waals surface area contributed by atoms with Crippen LogP contribution in [0, 0.1) is 0 Å². The molecule has 17 heavy (non-hydrogen) atoms. The molecule has 0 radical (unpaired) electrons. The van der Waals surface area contributed by atoms with Gasteiger partial charge in [-0.2, -0.15) is 14.3 Å². The molecule has 2 aliphatic rings. The number of halogens is 2. The van der Waals surface area contributed by atoms with Gasteiger partial charge in [0.25, 0.3) is 5.92 Å². The summed E-state index contributed by atoms with van der Waals surface area (Å²) in [7, 11) is 0. The highest BCUT2D eigenvalue weighted by atomic mass is 19.3. The van der Waals surface area contributed by atoms with Crippen LogP contribution in [0.5, 0.6) is 0 Å². The zero-order chi connectivity index (χ0) is 12.5. The van der Waals surface area contributed by atoms with Crippen molar-refractivity contribution in [3.05, 3.63) is 35.2 Å². The molecule has 1 heterocycles. The van der Waals surface area contributed by atoms with Gasteiger partial charge in [-0.15, -0.1) is 0 Å². The van der Waals surface area contributed by atoms with Gasteiger partial charge in [-0.3, -0.25) is 0 Å². The van der Waals surface area contributed by atoms with Crippen molar-refractivity contribution in [1.29, 1.82) is 0 Å². The van der Waals surface area contributed by atoms with E-state index in [9.17, 15) is 8.78 Å². The van der Waals surface area contributed by atoms with Crippen molar-refractivity contribution in [3.8, 4) is 0 Å². The first-order valence-electron chi connectivity index (χ1n) is 5.84. The molecule has 3 N–H and O–H groups in total. The van der Waals surface area contributed by atoms with E-state index in [1.54, 1.807) is 6.08 Å². The van der Waals surface area contributed by atoms with Crippen LogP contribution < -0.4 is 16.4 Å². The molecule has 0 aromatic carbocycles. The number of rotatable bonds is 2. The van der Waals surface area contributed by atoms with Crippen molar-refractivity contribution in [2.45, 2.75) is 38.5 Å². The summed E-state index contributed by atoms with van der Waals surface area (Å²) >= 11 is 0. The Morgan fingerprint density at radius 2 is 2.18 bits per heavy atom. The van der Waals surface area contributed by atoms with Crippen molar-refractivity contribution in [2.24, 2.45) is 0 Å². The third kappa shape index (κ3) is 2.07. The van der Waals surface area contributed by atoms with Crippen molar-refractivity contribution in [3.63, 3.8) is 0 Å². The van der Waals surface area contributed by atoms with Gasteiger partial charge in [-0.05, 0) is 24.8 Å². The van der Waals surface area contributed by atoms with E-state index in [1.807, 2.05) is 6.92 Å². The Hall–Kier alpha value is -1.36. The minimum atomic E-state index is -2.82. The molecular weight excluding hydrogens is 224 g/mol. The molecule has 5 heteroatoms. The van der Waals surface area contributed by atoms with E-state index >= 15 is 0 Å². The van der Waals surface area contributed by atoms with E-state index in [0.717, 1.165) is 12.0 Å². The monoisotopic (exact) mass is 241 g/mol. The molecule has 0 fully saturated rings. The summed E-state index contributed by atoms with van der Waals surface area (Å²) in [5.41, 5.74) is 10.1. The van der Waals surface area contributed by atoms with Gasteiger partial charge in [0, 0.05) is 6.42 Å². The Morgan fingerprint density at radius 3 is 2.82 bits per heavy atom. The Labute approximate surface area is 99.6 Å². The van der Waals surface area contributed by atoms with Crippen molar-refractivity contribution < 1.29 is 8.78 Å². The van der Waals surface area contributed by atoms with E-state index in [4.69, 9.17) is 0 Å². The summed E-state index contributed by atoms with van der Waals surface area (Å²) in [5, 5.41) is 0. The van der Waals surface area contributed by atoms with Gasteiger partial charge in [-0.25, -0.2) is 0 Å². The highest BCUT2D eigenvalue weighted by molar-refractivity contribution is 5.47. The standard InChI is InChI=1S/C12H17F2N3/c1-3-8-6-5-7-12(13,14)11-10(9(8)4-2)15-17-16-11/h4,15-17H,2-3,5-7H2,1H3/b9-8-. The molecule has 2 rings (SSSR count). The number of hydrazine groups is 2. The molecule has 0 unspecified atom stereocenters. The molecule has 0 aromatic heterocycles. The molecule has 94 valence electrons. The molecule has 1 aliphatic carbocycles. The average molecular weight is 241 g/mol. The van der Waals surface area contributed by atoms with Gasteiger partial charge in [0.05, 0.1) is 5.70 Å². The number of alkyl halides is 2. The van der Waals surface area contributed by atoms with Crippen LogP contribution in [0.15, 0.2) is 35.2 Å². The number of allylic oxidation sites excluding steroid dienone is 3. The highest BCUT2D eigenvalue weighted by Gasteiger charge is 2.40. The normalized spacial score (nSPS) is 27.7. The molecule has 0 atom stereocenters. The van der Waals surface area contributed by atoms with Gasteiger partial charge < -0.3 is 10.9 Å². The summed E-state index contributed by atoms with van der Waals surface area (Å²) in [6.45, 7) is 5.77. The highest BCUT2D eigenvalue weighted by Crippen LogP contribution is 2.37. The molecule has 0 aromatic rings. The average Bonchev–Trinajstić information content (AvgIpc) is 2.75. The lowest BCUT2D eigenvalue weighted by Crippen LogP contribution is -2.36. The first kappa shape index (κ1) is 12.1. The quantitative estimate of drug-likeness (QED) is 0.695. The lowest BCUT2D eigenvalue weighted by Gasteiger charge is -2.23. The maximum absolute atomic E-state index is 13.9. The maximum atomic E-state index is 13.9. The van der Waals surface area contributed by atoms with Gasteiger partial charge >= 0.3 is 0 Å². The molecule has 1 aliphatic heterocycles. The van der Waals surface area contributed by atoms with E-state index in [0.29, 0.717) is 18.5 Å². The molecule has 0 spiro atoms. The Bertz CT molecular complexity index is 397. The summed E-state index contributed by atoms with van der Waals surface area (Å²) in [6.07, 6.45) is 3.57. The second kappa shape index (κ2) is 4.49. The Balaban J connectivity index is 2.54. The molecule has 0 saturated heterocycles. The lowest BCUT2D eigenvalue weighted by atomic mass is 9.91. The topological polar surface area (TPSA) is 36.1 Å². The van der Waals surface area contributed by atoms with Crippen molar-refractivity contribution in [1.82, 2.24) is 16.4 Å². The predicted molar refractivity (Wildman–Crippen MR) is 62.7 cm³/mol. The number of hydrogen-bond acceptors (Lipinski definition) is 3. The third-order valence-corrected chi connectivity index (χ3v) is 3.24. The van der Waals surface area contributed by atoms with Crippen LogP contribution >= 0.6 is 0 Å². The van der Waals surface area contributed by atoms with Gasteiger partial charge in [-0.1, -0.05) is 25.2 Å². The van der Waals surface area contributed by atoms with Crippen LogP contribution in [-0.2, 0) is 0 Å². The van der Waals surface area contributed by atoms with Gasteiger partial charge in [0.2, 0.25) is 0 Å². The second-order valence-electron chi connectivity index (χ2n) is 4.26. The minimum Gasteiger partial charge on any atom is -0.301 e. The van der Waals surface area contributed by atoms with Gasteiger partial charge in [0.15, 0.2) is 0 Å². The third-order valence-electron chi connectivity index (χ3n) is 3.24. The molecule has 3 nitrogen and oxygen atoms in total. The van der Waals surface area contributed by atoms with E-state index in [1.165, 1.54) is 5.57 Å². The number of nitrogens with one attached hydrogen (secondary N) is 3. The van der Waals surface area contributed by atoms with Crippen LogP contribution in [0.4, 0.5) is 8.78 Å². The first-order valence-corrected chi connectivity index (χ1v) is 5.84. The predicted octanol–water partition coefficient (Wildman–Crippen LogP) is 2.52. The van der Waals surface area contributed by atoms with Crippen LogP contribution in [0.25, 0.3) is 0 Å².